The molecule has 2 aliphatic carbocycles. The van der Waals surface area contributed by atoms with Gasteiger partial charge in [0.05, 0.1) is 16.9 Å². The van der Waals surface area contributed by atoms with Crippen LogP contribution < -0.4 is 4.90 Å². The van der Waals surface area contributed by atoms with E-state index in [4.69, 9.17) is 0 Å². The number of benzene rings is 11. The van der Waals surface area contributed by atoms with Crippen LogP contribution in [-0.4, -0.2) is 4.57 Å². The van der Waals surface area contributed by atoms with Gasteiger partial charge in [0.15, 0.2) is 0 Å². The average molecular weight is 947 g/mol. The van der Waals surface area contributed by atoms with Crippen LogP contribution in [0.5, 0.6) is 0 Å². The summed E-state index contributed by atoms with van der Waals surface area (Å²) in [4.78, 5) is 2.47. The Balaban J connectivity index is 0.923. The molecule has 0 amide bonds. The zero-order valence-corrected chi connectivity index (χ0v) is 42.1. The van der Waals surface area contributed by atoms with Gasteiger partial charge in [-0.25, -0.2) is 0 Å². The first-order valence-corrected chi connectivity index (χ1v) is 26.0. The van der Waals surface area contributed by atoms with Crippen LogP contribution in [0.2, 0.25) is 0 Å². The van der Waals surface area contributed by atoms with Crippen molar-refractivity contribution < 1.29 is 0 Å². The van der Waals surface area contributed by atoms with Gasteiger partial charge in [-0.3, -0.25) is 0 Å². The van der Waals surface area contributed by atoms with E-state index < -0.39 is 0 Å². The smallest absolute Gasteiger partial charge is 0.0619 e. The lowest BCUT2D eigenvalue weighted by molar-refractivity contribution is 0.660. The summed E-state index contributed by atoms with van der Waals surface area (Å²) in [5.41, 5.74) is 25.8. The summed E-state index contributed by atoms with van der Waals surface area (Å²) in [6.07, 6.45) is 0. The summed E-state index contributed by atoms with van der Waals surface area (Å²) in [6, 6.07) is 94.5. The summed E-state index contributed by atoms with van der Waals surface area (Å²) in [6.45, 7) is 9.57. The molecule has 12 aromatic rings. The fourth-order valence-corrected chi connectivity index (χ4v) is 12.7. The van der Waals surface area contributed by atoms with Crippen molar-refractivity contribution in [2.24, 2.45) is 0 Å². The van der Waals surface area contributed by atoms with Crippen LogP contribution in [0.15, 0.2) is 255 Å². The number of nitrogens with zero attached hydrogens (tertiary/aromatic N) is 2. The zero-order valence-electron chi connectivity index (χ0n) is 42.1. The Morgan fingerprint density at radius 3 is 1.54 bits per heavy atom. The van der Waals surface area contributed by atoms with E-state index in [9.17, 15) is 0 Å². The molecule has 0 N–H and O–H groups in total. The molecule has 0 saturated heterocycles. The van der Waals surface area contributed by atoms with E-state index >= 15 is 0 Å². The minimum absolute atomic E-state index is 0.134. The highest BCUT2D eigenvalue weighted by Crippen LogP contribution is 2.55. The largest absolute Gasteiger partial charge is 0.310 e. The molecule has 14 rings (SSSR count). The van der Waals surface area contributed by atoms with Gasteiger partial charge in [-0.15, -0.1) is 0 Å². The SMILES string of the molecule is CC1(C)c2ccccc2-c2ccc(N(c3ccc(-c4ccccc4)cc3)c3ccc(-c4ccc5c(c4)C(C)(C)c4cc6c(cc4-5)c(-c4ccccc4)c(-c4ccccc4)n6-c4ccccc4)c4ccccc34)cc21. The summed E-state index contributed by atoms with van der Waals surface area (Å²) >= 11 is 0. The molecule has 0 saturated carbocycles. The Kier molecular flexibility index (Phi) is 9.94. The van der Waals surface area contributed by atoms with Crippen LogP contribution >= 0.6 is 0 Å². The topological polar surface area (TPSA) is 8.17 Å². The highest BCUT2D eigenvalue weighted by molar-refractivity contribution is 6.10. The van der Waals surface area contributed by atoms with E-state index in [1.54, 1.807) is 0 Å². The van der Waals surface area contributed by atoms with Crippen molar-refractivity contribution in [1.82, 2.24) is 4.57 Å². The molecule has 1 aromatic heterocycles. The molecule has 2 aliphatic rings. The fourth-order valence-electron chi connectivity index (χ4n) is 12.7. The van der Waals surface area contributed by atoms with Crippen molar-refractivity contribution in [2.45, 2.75) is 38.5 Å². The zero-order chi connectivity index (χ0) is 49.7. The van der Waals surface area contributed by atoms with E-state index in [-0.39, 0.29) is 10.8 Å². The van der Waals surface area contributed by atoms with Crippen LogP contribution in [0.3, 0.4) is 0 Å². The first-order valence-electron chi connectivity index (χ1n) is 26.0. The van der Waals surface area contributed by atoms with Gasteiger partial charge in [-0.1, -0.05) is 222 Å². The number of hydrogen-bond donors (Lipinski definition) is 0. The quantitative estimate of drug-likeness (QED) is 0.147. The van der Waals surface area contributed by atoms with Crippen molar-refractivity contribution in [3.05, 3.63) is 277 Å². The molecule has 0 fully saturated rings. The minimum atomic E-state index is -0.264. The lowest BCUT2D eigenvalue weighted by Crippen LogP contribution is -2.16. The number of fused-ring (bicyclic) bond motifs is 8. The van der Waals surface area contributed by atoms with Crippen molar-refractivity contribution in [3.8, 4) is 72.6 Å². The number of hydrogen-bond acceptors (Lipinski definition) is 1. The molecule has 2 nitrogen and oxygen atoms in total. The number of anilines is 3. The van der Waals surface area contributed by atoms with Gasteiger partial charge >= 0.3 is 0 Å². The Hall–Kier alpha value is -8.98. The Morgan fingerprint density at radius 1 is 0.311 bits per heavy atom. The minimum Gasteiger partial charge on any atom is -0.310 e. The molecule has 0 radical (unpaired) electrons. The highest BCUT2D eigenvalue weighted by Gasteiger charge is 2.38. The fraction of sp³-hybridized carbons (Fsp3) is 0.0833. The van der Waals surface area contributed by atoms with E-state index in [1.165, 1.54) is 111 Å². The second-order valence-electron chi connectivity index (χ2n) is 21.3. The maximum atomic E-state index is 2.50. The number of aromatic nitrogens is 1. The third kappa shape index (κ3) is 6.71. The van der Waals surface area contributed by atoms with Crippen molar-refractivity contribution in [3.63, 3.8) is 0 Å². The molecular weight excluding hydrogens is 893 g/mol. The lowest BCUT2D eigenvalue weighted by Gasteiger charge is -2.29. The molecule has 1 heterocycles. The Morgan fingerprint density at radius 2 is 0.811 bits per heavy atom. The number of para-hydroxylation sites is 1. The summed E-state index contributed by atoms with van der Waals surface area (Å²) in [5, 5.41) is 3.68. The molecule has 0 spiro atoms. The maximum Gasteiger partial charge on any atom is 0.0619 e. The van der Waals surface area contributed by atoms with Crippen molar-refractivity contribution in [1.29, 1.82) is 0 Å². The van der Waals surface area contributed by atoms with Gasteiger partial charge in [-0.05, 0) is 144 Å². The number of rotatable bonds is 8. The first-order chi connectivity index (χ1) is 36.2. The van der Waals surface area contributed by atoms with Gasteiger partial charge in [0.1, 0.15) is 0 Å². The summed E-state index contributed by atoms with van der Waals surface area (Å²) < 4.78 is 2.50. The van der Waals surface area contributed by atoms with Gasteiger partial charge < -0.3 is 9.47 Å². The monoisotopic (exact) mass is 946 g/mol. The normalized spacial score (nSPS) is 13.6. The van der Waals surface area contributed by atoms with E-state index in [1.807, 2.05) is 0 Å². The van der Waals surface area contributed by atoms with Crippen LogP contribution in [0.25, 0.3) is 94.3 Å². The van der Waals surface area contributed by atoms with E-state index in [0.717, 1.165) is 22.7 Å². The van der Waals surface area contributed by atoms with Crippen LogP contribution in [0, 0.1) is 0 Å². The van der Waals surface area contributed by atoms with Crippen molar-refractivity contribution >= 4 is 38.7 Å². The second-order valence-corrected chi connectivity index (χ2v) is 21.3. The Labute approximate surface area is 434 Å². The molecular formula is C72H54N2. The highest BCUT2D eigenvalue weighted by atomic mass is 15.1. The summed E-state index contributed by atoms with van der Waals surface area (Å²) in [5.74, 6) is 0. The maximum absolute atomic E-state index is 2.50. The third-order valence-electron chi connectivity index (χ3n) is 16.4. The molecule has 11 aromatic carbocycles. The molecule has 0 aliphatic heterocycles. The standard InChI is InChI=1S/C72H54N2/c1-71(2)63-32-20-19-30-57(63)58-40-38-54(44-65(58)71)73(53-36-33-48(34-37-53)47-21-9-5-10-22-47)67-42-41-55(56-29-17-18-31-60(56)67)51-35-39-59-61-45-62-68(46-66(61)72(3,4)64(59)43-51)74(52-27-15-8-16-28-52)70(50-25-13-7-14-26-50)69(62)49-23-11-6-12-24-49/h5-46H,1-4H3. The molecule has 0 atom stereocenters. The summed E-state index contributed by atoms with van der Waals surface area (Å²) in [7, 11) is 0. The lowest BCUT2D eigenvalue weighted by atomic mass is 9.81. The van der Waals surface area contributed by atoms with Gasteiger partial charge in [0.2, 0.25) is 0 Å². The molecule has 74 heavy (non-hydrogen) atoms. The van der Waals surface area contributed by atoms with Gasteiger partial charge in [0.25, 0.3) is 0 Å². The van der Waals surface area contributed by atoms with Gasteiger partial charge in [0, 0.05) is 44.2 Å². The molecule has 0 unspecified atom stereocenters. The van der Waals surface area contributed by atoms with Gasteiger partial charge in [-0.2, -0.15) is 0 Å². The van der Waals surface area contributed by atoms with Crippen LogP contribution in [-0.2, 0) is 10.8 Å². The van der Waals surface area contributed by atoms with Crippen LogP contribution in [0.4, 0.5) is 17.1 Å². The average Bonchev–Trinajstić information content (AvgIpc) is 4.00. The molecule has 2 heteroatoms. The second kappa shape index (κ2) is 16.8. The first kappa shape index (κ1) is 43.8. The Bertz CT molecular complexity index is 4140. The van der Waals surface area contributed by atoms with E-state index in [0.29, 0.717) is 0 Å². The third-order valence-corrected chi connectivity index (χ3v) is 16.4. The van der Waals surface area contributed by atoms with Crippen LogP contribution in [0.1, 0.15) is 49.9 Å². The van der Waals surface area contributed by atoms with Crippen molar-refractivity contribution in [2.75, 3.05) is 4.90 Å². The molecule has 352 valence electrons. The predicted molar refractivity (Wildman–Crippen MR) is 312 cm³/mol. The van der Waals surface area contributed by atoms with E-state index in [2.05, 4.69) is 292 Å². The predicted octanol–water partition coefficient (Wildman–Crippen LogP) is 19.5. The molecule has 0 bridgehead atoms.